The van der Waals surface area contributed by atoms with E-state index in [1.54, 1.807) is 12.4 Å². The van der Waals surface area contributed by atoms with E-state index < -0.39 is 4.92 Å². The molecule has 0 aromatic carbocycles. The molecule has 0 unspecified atom stereocenters. The smallest absolute Gasteiger partial charge is 0.329 e. The van der Waals surface area contributed by atoms with Gasteiger partial charge in [0.1, 0.15) is 6.20 Å². The number of hydrogen-bond donors (Lipinski definition) is 1. The van der Waals surface area contributed by atoms with Crippen LogP contribution in [-0.2, 0) is 6.42 Å². The van der Waals surface area contributed by atoms with Gasteiger partial charge in [0.05, 0.1) is 4.92 Å². The van der Waals surface area contributed by atoms with Gasteiger partial charge in [-0.3, -0.25) is 15.1 Å². The molecule has 0 bridgehead atoms. The molecule has 0 spiro atoms. The lowest BCUT2D eigenvalue weighted by Gasteiger charge is -2.06. The van der Waals surface area contributed by atoms with Gasteiger partial charge in [-0.1, -0.05) is 0 Å². The number of nitrogens with one attached hydrogen (secondary N) is 1. The van der Waals surface area contributed by atoms with Crippen LogP contribution in [0.4, 0.5) is 11.5 Å². The minimum Gasteiger partial charge on any atom is -0.364 e. The van der Waals surface area contributed by atoms with Gasteiger partial charge in [-0.15, -0.1) is 0 Å². The third-order valence-corrected chi connectivity index (χ3v) is 2.57. The second-order valence-electron chi connectivity index (χ2n) is 3.66. The fourth-order valence-electron chi connectivity index (χ4n) is 1.49. The lowest BCUT2D eigenvalue weighted by atomic mass is 10.2. The van der Waals surface area contributed by atoms with E-state index in [1.165, 1.54) is 0 Å². The van der Waals surface area contributed by atoms with Crippen molar-refractivity contribution in [3.05, 3.63) is 51.7 Å². The first kappa shape index (κ1) is 13.2. The fraction of sp³-hybridized carbons (Fsp3) is 0.182. The van der Waals surface area contributed by atoms with E-state index in [2.05, 4.69) is 20.3 Å². The molecule has 0 atom stereocenters. The van der Waals surface area contributed by atoms with Gasteiger partial charge in [0.15, 0.2) is 0 Å². The Hall–Kier alpha value is -2.28. The summed E-state index contributed by atoms with van der Waals surface area (Å²) in [6.07, 6.45) is 5.17. The minimum atomic E-state index is -0.550. The van der Waals surface area contributed by atoms with Crippen LogP contribution in [0.3, 0.4) is 0 Å². The van der Waals surface area contributed by atoms with Crippen molar-refractivity contribution in [2.75, 3.05) is 11.9 Å². The molecule has 98 valence electrons. The second-order valence-corrected chi connectivity index (χ2v) is 4.00. The van der Waals surface area contributed by atoms with Crippen molar-refractivity contribution in [1.29, 1.82) is 0 Å². The Morgan fingerprint density at radius 2 is 2.11 bits per heavy atom. The molecular weight excluding hydrogens is 270 g/mol. The predicted molar refractivity (Wildman–Crippen MR) is 70.1 cm³/mol. The summed E-state index contributed by atoms with van der Waals surface area (Å²) in [6, 6.07) is 3.76. The van der Waals surface area contributed by atoms with Crippen LogP contribution < -0.4 is 5.32 Å². The summed E-state index contributed by atoms with van der Waals surface area (Å²) in [6.45, 7) is 0.498. The van der Waals surface area contributed by atoms with Crippen LogP contribution in [0, 0.1) is 10.1 Å². The molecule has 0 radical (unpaired) electrons. The lowest BCUT2D eigenvalue weighted by molar-refractivity contribution is -0.384. The van der Waals surface area contributed by atoms with Gasteiger partial charge < -0.3 is 5.32 Å². The maximum Gasteiger partial charge on any atom is 0.329 e. The van der Waals surface area contributed by atoms with Gasteiger partial charge in [-0.2, -0.15) is 4.98 Å². The third-order valence-electron chi connectivity index (χ3n) is 2.39. The summed E-state index contributed by atoms with van der Waals surface area (Å²) in [7, 11) is 0. The van der Waals surface area contributed by atoms with Crippen LogP contribution in [0.1, 0.15) is 5.56 Å². The summed E-state index contributed by atoms with van der Waals surface area (Å²) in [4.78, 5) is 21.6. The molecule has 0 aliphatic rings. The first-order valence-corrected chi connectivity index (χ1v) is 5.84. The number of rotatable bonds is 5. The molecule has 8 heteroatoms. The van der Waals surface area contributed by atoms with Crippen molar-refractivity contribution < 1.29 is 4.92 Å². The van der Waals surface area contributed by atoms with Crippen LogP contribution in [-0.4, -0.2) is 26.4 Å². The number of hydrogen-bond acceptors (Lipinski definition) is 6. The summed E-state index contributed by atoms with van der Waals surface area (Å²) < 4.78 is 0. The monoisotopic (exact) mass is 279 g/mol. The highest BCUT2D eigenvalue weighted by Crippen LogP contribution is 2.21. The van der Waals surface area contributed by atoms with E-state index in [0.29, 0.717) is 13.0 Å². The lowest BCUT2D eigenvalue weighted by Crippen LogP contribution is -2.09. The zero-order chi connectivity index (χ0) is 13.7. The fourth-order valence-corrected chi connectivity index (χ4v) is 1.63. The topological polar surface area (TPSA) is 93.8 Å². The molecule has 0 saturated heterocycles. The van der Waals surface area contributed by atoms with Crippen molar-refractivity contribution >= 4 is 23.1 Å². The Morgan fingerprint density at radius 3 is 2.79 bits per heavy atom. The largest absolute Gasteiger partial charge is 0.364 e. The van der Waals surface area contributed by atoms with Crippen LogP contribution in [0.15, 0.2) is 30.7 Å². The quantitative estimate of drug-likeness (QED) is 0.512. The van der Waals surface area contributed by atoms with Gasteiger partial charge in [-0.05, 0) is 35.7 Å². The number of halogens is 1. The maximum absolute atomic E-state index is 10.8. The highest BCUT2D eigenvalue weighted by atomic mass is 35.5. The molecule has 2 aromatic rings. The Labute approximate surface area is 113 Å². The van der Waals surface area contributed by atoms with Crippen molar-refractivity contribution in [1.82, 2.24) is 15.0 Å². The molecule has 0 aliphatic carbocycles. The minimum absolute atomic E-state index is 0.0305. The average Bonchev–Trinajstić information content (AvgIpc) is 2.39. The van der Waals surface area contributed by atoms with E-state index in [9.17, 15) is 10.1 Å². The van der Waals surface area contributed by atoms with Crippen molar-refractivity contribution in [2.24, 2.45) is 0 Å². The van der Waals surface area contributed by atoms with Gasteiger partial charge in [0, 0.05) is 18.9 Å². The number of pyridine rings is 1. The van der Waals surface area contributed by atoms with Crippen molar-refractivity contribution in [2.45, 2.75) is 6.42 Å². The Bertz CT molecular complexity index is 579. The number of anilines is 1. The number of aromatic nitrogens is 3. The molecule has 2 heterocycles. The molecular formula is C11H10ClN5O2. The van der Waals surface area contributed by atoms with Crippen molar-refractivity contribution in [3.63, 3.8) is 0 Å². The van der Waals surface area contributed by atoms with Crippen molar-refractivity contribution in [3.8, 4) is 0 Å². The maximum atomic E-state index is 10.8. The zero-order valence-corrected chi connectivity index (χ0v) is 10.5. The van der Waals surface area contributed by atoms with Gasteiger partial charge in [-0.25, -0.2) is 4.98 Å². The number of nitro groups is 1. The van der Waals surface area contributed by atoms with Crippen LogP contribution >= 0.6 is 11.6 Å². The first-order valence-electron chi connectivity index (χ1n) is 5.46. The van der Waals surface area contributed by atoms with Crippen LogP contribution in [0.2, 0.25) is 5.28 Å². The van der Waals surface area contributed by atoms with Gasteiger partial charge in [0.2, 0.25) is 11.1 Å². The standard InChI is InChI=1S/C11H10ClN5O2/c12-11-15-7-9(17(18)19)10(16-11)14-6-3-8-1-4-13-5-2-8/h1-2,4-5,7H,3,6H2,(H,14,15,16). The molecule has 19 heavy (non-hydrogen) atoms. The summed E-state index contributed by atoms with van der Waals surface area (Å²) in [5, 5.41) is 13.7. The summed E-state index contributed by atoms with van der Waals surface area (Å²) in [5.41, 5.74) is 0.879. The van der Waals surface area contributed by atoms with E-state index in [1.807, 2.05) is 12.1 Å². The Balaban J connectivity index is 2.03. The van der Waals surface area contributed by atoms with Crippen LogP contribution in [0.5, 0.6) is 0 Å². The zero-order valence-electron chi connectivity index (χ0n) is 9.78. The molecule has 0 amide bonds. The van der Waals surface area contributed by atoms with E-state index >= 15 is 0 Å². The highest BCUT2D eigenvalue weighted by molar-refractivity contribution is 6.28. The van der Waals surface area contributed by atoms with E-state index in [4.69, 9.17) is 11.6 Å². The SMILES string of the molecule is O=[N+]([O-])c1cnc(Cl)nc1NCCc1ccncc1. The average molecular weight is 280 g/mol. The Morgan fingerprint density at radius 1 is 1.37 bits per heavy atom. The third kappa shape index (κ3) is 3.59. The highest BCUT2D eigenvalue weighted by Gasteiger charge is 2.16. The molecule has 0 fully saturated rings. The molecule has 1 N–H and O–H groups in total. The van der Waals surface area contributed by atoms with Crippen LogP contribution in [0.25, 0.3) is 0 Å². The predicted octanol–water partition coefficient (Wildman–Crippen LogP) is 2.09. The molecule has 2 rings (SSSR count). The summed E-state index contributed by atoms with van der Waals surface area (Å²) >= 11 is 5.62. The van der Waals surface area contributed by atoms with E-state index in [-0.39, 0.29) is 16.8 Å². The summed E-state index contributed by atoms with van der Waals surface area (Å²) in [5.74, 6) is 0.124. The molecule has 0 aliphatic heterocycles. The number of nitrogens with zero attached hydrogens (tertiary/aromatic N) is 4. The van der Waals surface area contributed by atoms with E-state index in [0.717, 1.165) is 11.8 Å². The molecule has 2 aromatic heterocycles. The molecule has 7 nitrogen and oxygen atoms in total. The molecule has 0 saturated carbocycles. The second kappa shape index (κ2) is 6.05. The Kier molecular flexibility index (Phi) is 4.19. The first-order chi connectivity index (χ1) is 9.16. The van der Waals surface area contributed by atoms with Gasteiger partial charge >= 0.3 is 5.69 Å². The van der Waals surface area contributed by atoms with Gasteiger partial charge in [0.25, 0.3) is 0 Å². The normalized spacial score (nSPS) is 10.2.